The molecule has 1 aromatic carbocycles. The van der Waals surface area contributed by atoms with Gasteiger partial charge in [-0.1, -0.05) is 43.7 Å². The number of aliphatic imine (C=N–C) groups is 1. The molecule has 0 atom stereocenters. The van der Waals surface area contributed by atoms with E-state index in [9.17, 15) is 8.42 Å². The SMILES string of the molecule is CCS(=O)(=O)CCNC(=NC)NCC1(c2ccccc2)CCC1. The van der Waals surface area contributed by atoms with Gasteiger partial charge in [0.25, 0.3) is 0 Å². The third kappa shape index (κ3) is 4.70. The van der Waals surface area contributed by atoms with Crippen molar-refractivity contribution in [3.05, 3.63) is 35.9 Å². The maximum Gasteiger partial charge on any atom is 0.191 e. The summed E-state index contributed by atoms with van der Waals surface area (Å²) in [6.45, 7) is 2.87. The lowest BCUT2D eigenvalue weighted by Crippen LogP contribution is -2.49. The highest BCUT2D eigenvalue weighted by Gasteiger charge is 2.38. The Morgan fingerprint density at radius 1 is 1.22 bits per heavy atom. The van der Waals surface area contributed by atoms with Crippen molar-refractivity contribution in [2.24, 2.45) is 4.99 Å². The Kier molecular flexibility index (Phi) is 6.04. The Balaban J connectivity index is 1.88. The largest absolute Gasteiger partial charge is 0.356 e. The van der Waals surface area contributed by atoms with Gasteiger partial charge in [-0.05, 0) is 18.4 Å². The van der Waals surface area contributed by atoms with Crippen LogP contribution in [0.4, 0.5) is 0 Å². The molecule has 0 aliphatic heterocycles. The molecule has 0 bridgehead atoms. The van der Waals surface area contributed by atoms with Crippen molar-refractivity contribution >= 4 is 15.8 Å². The van der Waals surface area contributed by atoms with Crippen LogP contribution in [0, 0.1) is 0 Å². The molecule has 23 heavy (non-hydrogen) atoms. The van der Waals surface area contributed by atoms with Gasteiger partial charge in [-0.25, -0.2) is 8.42 Å². The van der Waals surface area contributed by atoms with E-state index in [-0.39, 0.29) is 16.9 Å². The molecular weight excluding hydrogens is 310 g/mol. The van der Waals surface area contributed by atoms with Crippen LogP contribution in [-0.4, -0.2) is 46.0 Å². The van der Waals surface area contributed by atoms with Crippen LogP contribution in [0.5, 0.6) is 0 Å². The summed E-state index contributed by atoms with van der Waals surface area (Å²) in [4.78, 5) is 4.19. The van der Waals surface area contributed by atoms with E-state index in [1.807, 2.05) is 6.07 Å². The zero-order valence-corrected chi connectivity index (χ0v) is 14.8. The van der Waals surface area contributed by atoms with Gasteiger partial charge in [0, 0.05) is 31.3 Å². The van der Waals surface area contributed by atoms with Crippen LogP contribution in [0.25, 0.3) is 0 Å². The van der Waals surface area contributed by atoms with Crippen molar-refractivity contribution in [2.45, 2.75) is 31.6 Å². The summed E-state index contributed by atoms with van der Waals surface area (Å²) in [7, 11) is -1.24. The first-order chi connectivity index (χ1) is 11.0. The molecule has 2 N–H and O–H groups in total. The topological polar surface area (TPSA) is 70.6 Å². The molecule has 1 aliphatic rings. The monoisotopic (exact) mass is 337 g/mol. The van der Waals surface area contributed by atoms with E-state index in [0.29, 0.717) is 12.5 Å². The highest BCUT2D eigenvalue weighted by molar-refractivity contribution is 7.91. The predicted octanol–water partition coefficient (Wildman–Crippen LogP) is 1.71. The summed E-state index contributed by atoms with van der Waals surface area (Å²) in [6, 6.07) is 10.6. The molecule has 0 saturated heterocycles. The van der Waals surface area contributed by atoms with E-state index < -0.39 is 9.84 Å². The van der Waals surface area contributed by atoms with Gasteiger partial charge in [-0.15, -0.1) is 0 Å². The predicted molar refractivity (Wildman–Crippen MR) is 95.7 cm³/mol. The molecule has 0 amide bonds. The smallest absolute Gasteiger partial charge is 0.191 e. The maximum atomic E-state index is 11.5. The quantitative estimate of drug-likeness (QED) is 0.587. The van der Waals surface area contributed by atoms with Gasteiger partial charge in [0.1, 0.15) is 0 Å². The van der Waals surface area contributed by atoms with Crippen LogP contribution in [-0.2, 0) is 15.3 Å². The number of benzene rings is 1. The van der Waals surface area contributed by atoms with Crippen molar-refractivity contribution in [1.82, 2.24) is 10.6 Å². The second-order valence-electron chi connectivity index (χ2n) is 6.09. The van der Waals surface area contributed by atoms with E-state index in [1.54, 1.807) is 14.0 Å². The molecule has 1 aromatic rings. The summed E-state index contributed by atoms with van der Waals surface area (Å²) >= 11 is 0. The fourth-order valence-corrected chi connectivity index (χ4v) is 3.61. The fourth-order valence-electron chi connectivity index (χ4n) is 2.91. The molecular formula is C17H27N3O2S. The Morgan fingerprint density at radius 3 is 2.43 bits per heavy atom. The molecule has 1 fully saturated rings. The summed E-state index contributed by atoms with van der Waals surface area (Å²) in [5.74, 6) is 0.977. The number of sulfone groups is 1. The van der Waals surface area contributed by atoms with Crippen LogP contribution in [0.2, 0.25) is 0 Å². The molecule has 0 unspecified atom stereocenters. The van der Waals surface area contributed by atoms with E-state index in [2.05, 4.69) is 39.9 Å². The lowest BCUT2D eigenvalue weighted by atomic mass is 9.64. The van der Waals surface area contributed by atoms with Crippen LogP contribution in [0.15, 0.2) is 35.3 Å². The van der Waals surface area contributed by atoms with Crippen LogP contribution in [0.3, 0.4) is 0 Å². The van der Waals surface area contributed by atoms with Crippen molar-refractivity contribution in [3.63, 3.8) is 0 Å². The van der Waals surface area contributed by atoms with Gasteiger partial charge in [0.15, 0.2) is 15.8 Å². The number of rotatable bonds is 7. The summed E-state index contributed by atoms with van der Waals surface area (Å²) in [5, 5.41) is 6.45. The van der Waals surface area contributed by atoms with Crippen LogP contribution >= 0.6 is 0 Å². The van der Waals surface area contributed by atoms with E-state index in [1.165, 1.54) is 24.8 Å². The third-order valence-electron chi connectivity index (χ3n) is 4.66. The van der Waals surface area contributed by atoms with Crippen LogP contribution in [0.1, 0.15) is 31.7 Å². The Labute approximate surface area is 139 Å². The molecule has 2 rings (SSSR count). The van der Waals surface area contributed by atoms with E-state index in [0.717, 1.165) is 6.54 Å². The molecule has 1 aliphatic carbocycles. The zero-order valence-electron chi connectivity index (χ0n) is 14.0. The maximum absolute atomic E-state index is 11.5. The molecule has 0 radical (unpaired) electrons. The first-order valence-electron chi connectivity index (χ1n) is 8.22. The molecule has 1 saturated carbocycles. The average molecular weight is 337 g/mol. The first-order valence-corrected chi connectivity index (χ1v) is 10.0. The minimum atomic E-state index is -2.95. The van der Waals surface area contributed by atoms with E-state index in [4.69, 9.17) is 0 Å². The fraction of sp³-hybridized carbons (Fsp3) is 0.588. The molecule has 5 nitrogen and oxygen atoms in total. The summed E-state index contributed by atoms with van der Waals surface area (Å²) in [5.41, 5.74) is 1.54. The average Bonchev–Trinajstić information content (AvgIpc) is 2.53. The van der Waals surface area contributed by atoms with Crippen molar-refractivity contribution in [2.75, 3.05) is 31.6 Å². The van der Waals surface area contributed by atoms with Crippen molar-refractivity contribution in [3.8, 4) is 0 Å². The van der Waals surface area contributed by atoms with Crippen LogP contribution < -0.4 is 10.6 Å². The lowest BCUT2D eigenvalue weighted by molar-refractivity contribution is 0.244. The number of nitrogens with one attached hydrogen (secondary N) is 2. The lowest BCUT2D eigenvalue weighted by Gasteiger charge is -2.43. The normalized spacial score (nSPS) is 17.4. The summed E-state index contributed by atoms with van der Waals surface area (Å²) in [6.07, 6.45) is 3.59. The van der Waals surface area contributed by atoms with Gasteiger partial charge >= 0.3 is 0 Å². The van der Waals surface area contributed by atoms with Crippen molar-refractivity contribution in [1.29, 1.82) is 0 Å². The van der Waals surface area contributed by atoms with Gasteiger partial charge in [0.2, 0.25) is 0 Å². The summed E-state index contributed by atoms with van der Waals surface area (Å²) < 4.78 is 23.1. The first kappa shape index (κ1) is 17.8. The van der Waals surface area contributed by atoms with Gasteiger partial charge < -0.3 is 10.6 Å². The minimum Gasteiger partial charge on any atom is -0.356 e. The molecule has 6 heteroatoms. The second kappa shape index (κ2) is 7.81. The highest BCUT2D eigenvalue weighted by atomic mass is 32.2. The van der Waals surface area contributed by atoms with E-state index >= 15 is 0 Å². The third-order valence-corrected chi connectivity index (χ3v) is 6.37. The molecule has 0 spiro atoms. The van der Waals surface area contributed by atoms with Gasteiger partial charge in [0.05, 0.1) is 5.75 Å². The Bertz CT molecular complexity index is 622. The van der Waals surface area contributed by atoms with Gasteiger partial charge in [-0.2, -0.15) is 0 Å². The van der Waals surface area contributed by atoms with Gasteiger partial charge in [-0.3, -0.25) is 4.99 Å². The number of hydrogen-bond donors (Lipinski definition) is 2. The molecule has 0 heterocycles. The number of hydrogen-bond acceptors (Lipinski definition) is 3. The number of nitrogens with zero attached hydrogens (tertiary/aromatic N) is 1. The second-order valence-corrected chi connectivity index (χ2v) is 8.56. The number of guanidine groups is 1. The van der Waals surface area contributed by atoms with Crippen molar-refractivity contribution < 1.29 is 8.42 Å². The minimum absolute atomic E-state index is 0.133. The Hall–Kier alpha value is -1.56. The highest BCUT2D eigenvalue weighted by Crippen LogP contribution is 2.43. The zero-order chi connectivity index (χ0) is 16.8. The molecule has 128 valence electrons. The molecule has 0 aromatic heterocycles. The Morgan fingerprint density at radius 2 is 1.91 bits per heavy atom. The standard InChI is InChI=1S/C17H27N3O2S/c1-3-23(21,22)13-12-19-16(18-2)20-14-17(10-7-11-17)15-8-5-4-6-9-15/h4-6,8-9H,3,7,10-14H2,1-2H3,(H2,18,19,20).